The predicted octanol–water partition coefficient (Wildman–Crippen LogP) is 2.44. The lowest BCUT2D eigenvalue weighted by molar-refractivity contribution is -0.167. The molecule has 0 aromatic rings. The highest BCUT2D eigenvalue weighted by molar-refractivity contribution is 4.61. The van der Waals surface area contributed by atoms with E-state index >= 15 is 0 Å². The maximum Gasteiger partial charge on any atom is 0.162 e. The zero-order valence-corrected chi connectivity index (χ0v) is 8.34. The summed E-state index contributed by atoms with van der Waals surface area (Å²) in [6.07, 6.45) is 6.72. The molecule has 0 aliphatic rings. The fraction of sp³-hybridized carbons (Fsp3) is 1.00. The fourth-order valence-corrected chi connectivity index (χ4v) is 1.19. The Morgan fingerprint density at radius 1 is 0.917 bits per heavy atom. The molecule has 0 heterocycles. The Morgan fingerprint density at radius 2 is 1.50 bits per heavy atom. The van der Waals surface area contributed by atoms with Crippen molar-refractivity contribution >= 4 is 0 Å². The molecule has 0 unspecified atom stereocenters. The smallest absolute Gasteiger partial charge is 0.162 e. The van der Waals surface area contributed by atoms with Crippen LogP contribution in [0.5, 0.6) is 0 Å². The Kier molecular flexibility index (Phi) is 6.39. The van der Waals surface area contributed by atoms with E-state index in [-0.39, 0.29) is 0 Å². The largest absolute Gasteiger partial charge is 0.366 e. The molecule has 74 valence electrons. The van der Waals surface area contributed by atoms with Crippen LogP contribution >= 0.6 is 0 Å². The summed E-state index contributed by atoms with van der Waals surface area (Å²) in [4.78, 5) is 0. The highest BCUT2D eigenvalue weighted by Gasteiger charge is 2.18. The van der Waals surface area contributed by atoms with Crippen LogP contribution in [-0.2, 0) is 0 Å². The van der Waals surface area contributed by atoms with Gasteiger partial charge in [-0.15, -0.1) is 0 Å². The topological polar surface area (TPSA) is 40.5 Å². The highest BCUT2D eigenvalue weighted by atomic mass is 16.5. The summed E-state index contributed by atoms with van der Waals surface area (Å²) in [6, 6.07) is 0. The number of unbranched alkanes of at least 4 members (excludes halogenated alkanes) is 4. The van der Waals surface area contributed by atoms with E-state index in [4.69, 9.17) is 0 Å². The van der Waals surface area contributed by atoms with Gasteiger partial charge in [0, 0.05) is 6.42 Å². The van der Waals surface area contributed by atoms with Crippen molar-refractivity contribution in [1.29, 1.82) is 0 Å². The molecule has 0 bridgehead atoms. The molecule has 2 heteroatoms. The molecular formula is C10H22O2. The third-order valence-electron chi connectivity index (χ3n) is 2.25. The van der Waals surface area contributed by atoms with Gasteiger partial charge in [-0.25, -0.2) is 0 Å². The second-order valence-electron chi connectivity index (χ2n) is 3.50. The number of aliphatic hydroxyl groups is 2. The van der Waals surface area contributed by atoms with Crippen LogP contribution in [0.15, 0.2) is 0 Å². The van der Waals surface area contributed by atoms with Crippen LogP contribution in [0.1, 0.15) is 58.8 Å². The number of hydrogen-bond donors (Lipinski definition) is 2. The summed E-state index contributed by atoms with van der Waals surface area (Å²) in [6.45, 7) is 3.97. The lowest BCUT2D eigenvalue weighted by Crippen LogP contribution is -2.26. The minimum Gasteiger partial charge on any atom is -0.366 e. The summed E-state index contributed by atoms with van der Waals surface area (Å²) < 4.78 is 0. The molecule has 2 N–H and O–H groups in total. The van der Waals surface area contributed by atoms with Crippen LogP contribution in [0.25, 0.3) is 0 Å². The van der Waals surface area contributed by atoms with Crippen LogP contribution in [-0.4, -0.2) is 16.0 Å². The normalized spacial score (nSPS) is 12.0. The van der Waals surface area contributed by atoms with Crippen molar-refractivity contribution in [1.82, 2.24) is 0 Å². The molecule has 2 nitrogen and oxygen atoms in total. The van der Waals surface area contributed by atoms with Crippen molar-refractivity contribution in [2.75, 3.05) is 0 Å². The van der Waals surface area contributed by atoms with Crippen LogP contribution in [0.4, 0.5) is 0 Å². The Morgan fingerprint density at radius 3 is 2.00 bits per heavy atom. The van der Waals surface area contributed by atoms with Crippen LogP contribution in [0, 0.1) is 0 Å². The molecule has 0 radical (unpaired) electrons. The van der Waals surface area contributed by atoms with Gasteiger partial charge in [0.15, 0.2) is 5.79 Å². The molecule has 0 saturated carbocycles. The first kappa shape index (κ1) is 11.9. The first-order valence-corrected chi connectivity index (χ1v) is 5.07. The standard InChI is InChI=1S/C10H22O2/c1-3-5-6-7-8-9-10(11,12)4-2/h11-12H,3-9H2,1-2H3. The van der Waals surface area contributed by atoms with Gasteiger partial charge in [0.1, 0.15) is 0 Å². The summed E-state index contributed by atoms with van der Waals surface area (Å²) in [5.74, 6) is -1.41. The van der Waals surface area contributed by atoms with Crippen LogP contribution < -0.4 is 0 Å². The zero-order valence-electron chi connectivity index (χ0n) is 8.34. The predicted molar refractivity (Wildman–Crippen MR) is 50.8 cm³/mol. The van der Waals surface area contributed by atoms with Gasteiger partial charge in [0.05, 0.1) is 0 Å². The minimum absolute atomic E-state index is 0.431. The number of rotatable bonds is 7. The maximum absolute atomic E-state index is 9.24. The summed E-state index contributed by atoms with van der Waals surface area (Å²) in [7, 11) is 0. The summed E-state index contributed by atoms with van der Waals surface area (Å²) in [5, 5.41) is 18.5. The highest BCUT2D eigenvalue weighted by Crippen LogP contribution is 2.15. The van der Waals surface area contributed by atoms with E-state index in [9.17, 15) is 10.2 Å². The fourth-order valence-electron chi connectivity index (χ4n) is 1.19. The Labute approximate surface area is 75.6 Å². The molecule has 0 atom stereocenters. The average molecular weight is 174 g/mol. The second-order valence-corrected chi connectivity index (χ2v) is 3.50. The Balaban J connectivity index is 3.19. The number of hydrogen-bond acceptors (Lipinski definition) is 2. The van der Waals surface area contributed by atoms with E-state index in [2.05, 4.69) is 6.92 Å². The van der Waals surface area contributed by atoms with Gasteiger partial charge >= 0.3 is 0 Å². The van der Waals surface area contributed by atoms with Gasteiger partial charge in [0.2, 0.25) is 0 Å². The molecule has 0 saturated heterocycles. The van der Waals surface area contributed by atoms with E-state index in [1.54, 1.807) is 6.92 Å². The molecule has 0 aliphatic carbocycles. The van der Waals surface area contributed by atoms with E-state index < -0.39 is 5.79 Å². The second kappa shape index (κ2) is 6.44. The van der Waals surface area contributed by atoms with Crippen LogP contribution in [0.3, 0.4) is 0 Å². The monoisotopic (exact) mass is 174 g/mol. The first-order chi connectivity index (χ1) is 5.62. The molecule has 0 spiro atoms. The van der Waals surface area contributed by atoms with Gasteiger partial charge in [-0.2, -0.15) is 0 Å². The van der Waals surface area contributed by atoms with Gasteiger partial charge < -0.3 is 10.2 Å². The lowest BCUT2D eigenvalue weighted by atomic mass is 10.0. The van der Waals surface area contributed by atoms with Crippen LogP contribution in [0.2, 0.25) is 0 Å². The third-order valence-corrected chi connectivity index (χ3v) is 2.25. The summed E-state index contributed by atoms with van der Waals surface area (Å²) >= 11 is 0. The van der Waals surface area contributed by atoms with Gasteiger partial charge in [-0.05, 0) is 12.8 Å². The van der Waals surface area contributed by atoms with Gasteiger partial charge in [0.25, 0.3) is 0 Å². The van der Waals surface area contributed by atoms with Crippen molar-refractivity contribution in [2.24, 2.45) is 0 Å². The van der Waals surface area contributed by atoms with E-state index in [0.717, 1.165) is 12.8 Å². The SMILES string of the molecule is CCCCCCCC(O)(O)CC. The zero-order chi connectivity index (χ0) is 9.45. The van der Waals surface area contributed by atoms with Crippen molar-refractivity contribution in [3.8, 4) is 0 Å². The van der Waals surface area contributed by atoms with Gasteiger partial charge in [-0.3, -0.25) is 0 Å². The van der Waals surface area contributed by atoms with Crippen molar-refractivity contribution in [3.05, 3.63) is 0 Å². The third kappa shape index (κ3) is 6.62. The molecule has 0 aliphatic heterocycles. The quantitative estimate of drug-likeness (QED) is 0.459. The Bertz CT molecular complexity index is 100. The van der Waals surface area contributed by atoms with Crippen molar-refractivity contribution in [3.63, 3.8) is 0 Å². The van der Waals surface area contributed by atoms with E-state index in [1.807, 2.05) is 0 Å². The molecule has 0 amide bonds. The van der Waals surface area contributed by atoms with Crippen molar-refractivity contribution in [2.45, 2.75) is 64.6 Å². The van der Waals surface area contributed by atoms with E-state index in [1.165, 1.54) is 19.3 Å². The molecule has 0 aromatic heterocycles. The average Bonchev–Trinajstić information content (AvgIpc) is 2.04. The molecule has 12 heavy (non-hydrogen) atoms. The Hall–Kier alpha value is -0.0800. The summed E-state index contributed by atoms with van der Waals surface area (Å²) in [5.41, 5.74) is 0. The van der Waals surface area contributed by atoms with Gasteiger partial charge in [-0.1, -0.05) is 39.5 Å². The van der Waals surface area contributed by atoms with Crippen molar-refractivity contribution < 1.29 is 10.2 Å². The molecule has 0 rings (SSSR count). The molecule has 0 fully saturated rings. The van der Waals surface area contributed by atoms with E-state index in [0.29, 0.717) is 12.8 Å². The molecule has 0 aromatic carbocycles. The lowest BCUT2D eigenvalue weighted by Gasteiger charge is -2.19. The maximum atomic E-state index is 9.24. The minimum atomic E-state index is -1.41. The first-order valence-electron chi connectivity index (χ1n) is 5.07. The molecular weight excluding hydrogens is 152 g/mol.